The summed E-state index contributed by atoms with van der Waals surface area (Å²) in [5.74, 6) is -0.206. The summed E-state index contributed by atoms with van der Waals surface area (Å²) in [6, 6.07) is 1.99. The molecule has 1 heterocycles. The molecule has 0 bridgehead atoms. The van der Waals surface area contributed by atoms with Crippen LogP contribution >= 0.6 is 0 Å². The van der Waals surface area contributed by atoms with Gasteiger partial charge in [-0.05, 0) is 67.1 Å². The van der Waals surface area contributed by atoms with E-state index in [-0.39, 0.29) is 16.7 Å². The Morgan fingerprint density at radius 2 is 2.17 bits per heavy atom. The maximum absolute atomic E-state index is 11.8. The van der Waals surface area contributed by atoms with Crippen molar-refractivity contribution in [3.8, 4) is 0 Å². The first-order valence-electron chi connectivity index (χ1n) is 8.92. The van der Waals surface area contributed by atoms with Crippen molar-refractivity contribution < 1.29 is 19.4 Å². The molecule has 2 aliphatic carbocycles. The minimum atomic E-state index is -0.881. The smallest absolute Gasteiger partial charge is 0.331 e. The maximum Gasteiger partial charge on any atom is 0.331 e. The summed E-state index contributed by atoms with van der Waals surface area (Å²) in [6.45, 7) is 6.66. The van der Waals surface area contributed by atoms with E-state index in [0.717, 1.165) is 25.7 Å². The highest BCUT2D eigenvalue weighted by Crippen LogP contribution is 2.61. The lowest BCUT2D eigenvalue weighted by Crippen LogP contribution is -2.53. The summed E-state index contributed by atoms with van der Waals surface area (Å²) in [7, 11) is 0. The van der Waals surface area contributed by atoms with Crippen molar-refractivity contribution >= 4 is 5.97 Å². The van der Waals surface area contributed by atoms with Gasteiger partial charge in [0.05, 0.1) is 18.6 Å². The predicted molar refractivity (Wildman–Crippen MR) is 91.5 cm³/mol. The van der Waals surface area contributed by atoms with Crippen molar-refractivity contribution in [2.75, 3.05) is 0 Å². The van der Waals surface area contributed by atoms with Crippen LogP contribution in [0.15, 0.2) is 34.7 Å². The second-order valence-electron chi connectivity index (χ2n) is 8.24. The molecule has 0 amide bonds. The zero-order chi connectivity index (χ0) is 17.5. The molecule has 4 nitrogen and oxygen atoms in total. The van der Waals surface area contributed by atoms with Gasteiger partial charge in [0.2, 0.25) is 0 Å². The molecule has 1 saturated carbocycles. The molecule has 0 aliphatic heterocycles. The Morgan fingerprint density at radius 1 is 1.42 bits per heavy atom. The zero-order valence-electron chi connectivity index (χ0n) is 14.8. The number of hydrogen-bond acceptors (Lipinski definition) is 3. The van der Waals surface area contributed by atoms with Crippen molar-refractivity contribution in [2.24, 2.45) is 22.7 Å². The van der Waals surface area contributed by atoms with Crippen LogP contribution < -0.4 is 0 Å². The van der Waals surface area contributed by atoms with E-state index in [1.807, 2.05) is 6.07 Å². The highest BCUT2D eigenvalue weighted by Gasteiger charge is 2.56. The van der Waals surface area contributed by atoms with Gasteiger partial charge in [0.25, 0.3) is 0 Å². The Kier molecular flexibility index (Phi) is 4.37. The number of hydrogen-bond donors (Lipinski definition) is 2. The number of aliphatic hydroxyl groups is 1. The van der Waals surface area contributed by atoms with Crippen molar-refractivity contribution in [1.29, 1.82) is 0 Å². The van der Waals surface area contributed by atoms with Gasteiger partial charge >= 0.3 is 5.97 Å². The van der Waals surface area contributed by atoms with Crippen LogP contribution in [0.4, 0.5) is 0 Å². The maximum atomic E-state index is 11.8. The molecular weight excluding hydrogens is 304 g/mol. The molecule has 2 N–H and O–H groups in total. The second kappa shape index (κ2) is 6.07. The Labute approximate surface area is 143 Å². The number of furan rings is 1. The molecule has 0 radical (unpaired) electrons. The normalized spacial score (nSPS) is 39.2. The predicted octanol–water partition coefficient (Wildman–Crippen LogP) is 4.05. The van der Waals surface area contributed by atoms with E-state index in [0.29, 0.717) is 17.9 Å². The topological polar surface area (TPSA) is 70.7 Å². The molecule has 1 aromatic heterocycles. The molecule has 1 aromatic rings. The van der Waals surface area contributed by atoms with Crippen LogP contribution in [-0.2, 0) is 11.2 Å². The second-order valence-corrected chi connectivity index (χ2v) is 8.24. The fourth-order valence-electron chi connectivity index (χ4n) is 5.22. The first-order valence-corrected chi connectivity index (χ1v) is 8.92. The number of aliphatic hydroxyl groups excluding tert-OH is 1. The van der Waals surface area contributed by atoms with Gasteiger partial charge < -0.3 is 14.6 Å². The number of aryl methyl sites for hydroxylation is 1. The third-order valence-electron chi connectivity index (χ3n) is 7.00. The minimum Gasteiger partial charge on any atom is -0.478 e. The Morgan fingerprint density at radius 3 is 2.79 bits per heavy atom. The minimum absolute atomic E-state index is 0.000208. The van der Waals surface area contributed by atoms with E-state index in [2.05, 4.69) is 20.8 Å². The number of carbonyl (C=O) groups is 1. The molecule has 0 saturated heterocycles. The van der Waals surface area contributed by atoms with Gasteiger partial charge in [0.15, 0.2) is 0 Å². The van der Waals surface area contributed by atoms with Crippen molar-refractivity contribution in [2.45, 2.75) is 59.0 Å². The van der Waals surface area contributed by atoms with Gasteiger partial charge in [-0.1, -0.05) is 20.8 Å². The van der Waals surface area contributed by atoms with E-state index in [1.54, 1.807) is 18.6 Å². The van der Waals surface area contributed by atoms with Crippen LogP contribution in [0.3, 0.4) is 0 Å². The summed E-state index contributed by atoms with van der Waals surface area (Å²) < 4.78 is 5.18. The Balaban J connectivity index is 1.93. The molecule has 3 rings (SSSR count). The van der Waals surface area contributed by atoms with Crippen molar-refractivity contribution in [3.05, 3.63) is 35.8 Å². The quantitative estimate of drug-likeness (QED) is 0.873. The van der Waals surface area contributed by atoms with Gasteiger partial charge in [-0.3, -0.25) is 0 Å². The number of fused-ring (bicyclic) bond motifs is 1. The largest absolute Gasteiger partial charge is 0.478 e. The Bertz CT molecular complexity index is 632. The van der Waals surface area contributed by atoms with E-state index in [1.165, 1.54) is 5.56 Å². The third-order valence-corrected chi connectivity index (χ3v) is 7.00. The van der Waals surface area contributed by atoms with E-state index in [9.17, 15) is 15.0 Å². The van der Waals surface area contributed by atoms with E-state index < -0.39 is 12.1 Å². The number of carboxylic acid groups (broad SMARTS) is 1. The third kappa shape index (κ3) is 2.71. The molecular formula is C20H28O4. The fourth-order valence-corrected chi connectivity index (χ4v) is 5.22. The van der Waals surface area contributed by atoms with Crippen LogP contribution in [0, 0.1) is 22.7 Å². The first-order chi connectivity index (χ1) is 11.3. The number of rotatable bonds is 4. The van der Waals surface area contributed by atoms with Gasteiger partial charge in [0, 0.05) is 11.0 Å². The molecule has 2 aliphatic rings. The molecule has 24 heavy (non-hydrogen) atoms. The fraction of sp³-hybridized carbons (Fsp3) is 0.650. The Hall–Kier alpha value is -1.55. The lowest BCUT2D eigenvalue weighted by Gasteiger charge is -2.58. The molecule has 5 atom stereocenters. The molecule has 0 spiro atoms. The SMILES string of the molecule is C[C@H]1CC[C@]2(C)C(C(=O)O)=C[C@@H](O)C[C@@H]2[C@@]1(C)CCc1ccoc1. The van der Waals surface area contributed by atoms with Gasteiger partial charge in [-0.15, -0.1) is 0 Å². The summed E-state index contributed by atoms with van der Waals surface area (Å²) in [5.41, 5.74) is 1.23. The highest BCUT2D eigenvalue weighted by molar-refractivity contribution is 5.88. The molecule has 1 fully saturated rings. The average Bonchev–Trinajstić information content (AvgIpc) is 3.04. The van der Waals surface area contributed by atoms with Crippen LogP contribution in [0.1, 0.15) is 52.0 Å². The van der Waals surface area contributed by atoms with Gasteiger partial charge in [0.1, 0.15) is 0 Å². The zero-order valence-corrected chi connectivity index (χ0v) is 14.8. The van der Waals surface area contributed by atoms with Gasteiger partial charge in [-0.25, -0.2) is 4.79 Å². The summed E-state index contributed by atoms with van der Waals surface area (Å²) >= 11 is 0. The standard InChI is InChI=1S/C20H28O4/c1-13-4-7-20(3)16(18(22)23)10-15(21)11-17(20)19(13,2)8-5-14-6-9-24-12-14/h6,9-10,12-13,15,17,21H,4-5,7-8,11H2,1-3H3,(H,22,23)/t13-,15+,17+,19-,20+/m0/s1. The molecule has 4 heteroatoms. The van der Waals surface area contributed by atoms with Crippen LogP contribution in [0.25, 0.3) is 0 Å². The number of carboxylic acids is 1. The lowest BCUT2D eigenvalue weighted by atomic mass is 9.46. The lowest BCUT2D eigenvalue weighted by molar-refractivity contribution is -0.138. The first kappa shape index (κ1) is 17.3. The highest BCUT2D eigenvalue weighted by atomic mass is 16.4. The van der Waals surface area contributed by atoms with Crippen molar-refractivity contribution in [3.63, 3.8) is 0 Å². The van der Waals surface area contributed by atoms with Crippen LogP contribution in [-0.4, -0.2) is 22.3 Å². The molecule has 0 unspecified atom stereocenters. The van der Waals surface area contributed by atoms with E-state index in [4.69, 9.17) is 4.42 Å². The summed E-state index contributed by atoms with van der Waals surface area (Å²) in [6.07, 6.45) is 8.86. The van der Waals surface area contributed by atoms with E-state index >= 15 is 0 Å². The molecule has 132 valence electrons. The molecule has 0 aromatic carbocycles. The summed E-state index contributed by atoms with van der Waals surface area (Å²) in [5, 5.41) is 20.0. The number of aliphatic carboxylic acids is 1. The van der Waals surface area contributed by atoms with Crippen molar-refractivity contribution in [1.82, 2.24) is 0 Å². The average molecular weight is 332 g/mol. The van der Waals surface area contributed by atoms with Gasteiger partial charge in [-0.2, -0.15) is 0 Å². The summed E-state index contributed by atoms with van der Waals surface area (Å²) in [4.78, 5) is 11.8. The monoisotopic (exact) mass is 332 g/mol. The van der Waals surface area contributed by atoms with Crippen LogP contribution in [0.5, 0.6) is 0 Å². The van der Waals surface area contributed by atoms with Crippen LogP contribution in [0.2, 0.25) is 0 Å².